The lowest BCUT2D eigenvalue weighted by Gasteiger charge is -2.28. The van der Waals surface area contributed by atoms with E-state index in [4.69, 9.17) is 0 Å². The molecule has 2 N–H and O–H groups in total. The molecule has 0 aliphatic carbocycles. The van der Waals surface area contributed by atoms with Crippen molar-refractivity contribution < 1.29 is 5.11 Å². The van der Waals surface area contributed by atoms with E-state index in [-0.39, 0.29) is 12.0 Å². The number of aliphatic hydroxyl groups is 1. The van der Waals surface area contributed by atoms with Crippen LogP contribution in [-0.2, 0) is 0 Å². The van der Waals surface area contributed by atoms with Gasteiger partial charge in [-0.15, -0.1) is 11.3 Å². The lowest BCUT2D eigenvalue weighted by atomic mass is 9.93. The highest BCUT2D eigenvalue weighted by molar-refractivity contribution is 7.10. The summed E-state index contributed by atoms with van der Waals surface area (Å²) in [6.07, 6.45) is 0. The Labute approximate surface area is 103 Å². The number of hydrogen-bond donors (Lipinski definition) is 2. The lowest BCUT2D eigenvalue weighted by molar-refractivity contribution is 0.150. The molecule has 0 bridgehead atoms. The number of thiophene rings is 1. The van der Waals surface area contributed by atoms with Crippen molar-refractivity contribution in [2.24, 2.45) is 11.3 Å². The zero-order chi connectivity index (χ0) is 12.2. The van der Waals surface area contributed by atoms with E-state index < -0.39 is 0 Å². The molecule has 0 amide bonds. The van der Waals surface area contributed by atoms with Crippen molar-refractivity contribution in [3.8, 4) is 0 Å². The predicted molar refractivity (Wildman–Crippen MR) is 70.8 cm³/mol. The fraction of sp³-hybridized carbons (Fsp3) is 0.692. The standard InChI is InChI=1S/C13H23NOS/c1-10(2)12(11-6-5-7-16-11)14-8-13(3,4)9-15/h5-7,10,12,14-15H,8-9H2,1-4H3. The molecule has 1 unspecified atom stereocenters. The molecular weight excluding hydrogens is 218 g/mol. The maximum Gasteiger partial charge on any atom is 0.0494 e. The average molecular weight is 241 g/mol. The van der Waals surface area contributed by atoms with Gasteiger partial charge in [0.1, 0.15) is 0 Å². The van der Waals surface area contributed by atoms with E-state index in [0.717, 1.165) is 6.54 Å². The fourth-order valence-electron chi connectivity index (χ4n) is 1.58. The summed E-state index contributed by atoms with van der Waals surface area (Å²) in [6, 6.07) is 4.66. The molecule has 0 spiro atoms. The van der Waals surface area contributed by atoms with E-state index in [1.54, 1.807) is 11.3 Å². The van der Waals surface area contributed by atoms with E-state index in [1.807, 2.05) is 0 Å². The normalized spacial score (nSPS) is 14.4. The monoisotopic (exact) mass is 241 g/mol. The molecule has 1 rings (SSSR count). The van der Waals surface area contributed by atoms with Gasteiger partial charge in [-0.3, -0.25) is 0 Å². The van der Waals surface area contributed by atoms with Crippen LogP contribution in [0.15, 0.2) is 17.5 Å². The van der Waals surface area contributed by atoms with Crippen LogP contribution < -0.4 is 5.32 Å². The molecule has 1 heterocycles. The smallest absolute Gasteiger partial charge is 0.0494 e. The first-order chi connectivity index (χ1) is 7.46. The topological polar surface area (TPSA) is 32.3 Å². The first kappa shape index (κ1) is 13.7. The summed E-state index contributed by atoms with van der Waals surface area (Å²) < 4.78 is 0. The van der Waals surface area contributed by atoms with Crippen molar-refractivity contribution in [2.45, 2.75) is 33.7 Å². The summed E-state index contributed by atoms with van der Waals surface area (Å²) in [4.78, 5) is 1.38. The Balaban J connectivity index is 2.60. The number of nitrogens with one attached hydrogen (secondary N) is 1. The van der Waals surface area contributed by atoms with Crippen LogP contribution in [0.5, 0.6) is 0 Å². The van der Waals surface area contributed by atoms with Gasteiger partial charge in [0.25, 0.3) is 0 Å². The van der Waals surface area contributed by atoms with Crippen LogP contribution in [0.4, 0.5) is 0 Å². The van der Waals surface area contributed by atoms with E-state index >= 15 is 0 Å². The highest BCUT2D eigenvalue weighted by atomic mass is 32.1. The summed E-state index contributed by atoms with van der Waals surface area (Å²) in [5, 5.41) is 14.9. The van der Waals surface area contributed by atoms with Crippen LogP contribution in [0.1, 0.15) is 38.6 Å². The third-order valence-electron chi connectivity index (χ3n) is 2.74. The third kappa shape index (κ3) is 3.89. The second-order valence-electron chi connectivity index (χ2n) is 5.44. The molecule has 0 fully saturated rings. The van der Waals surface area contributed by atoms with Gasteiger partial charge >= 0.3 is 0 Å². The van der Waals surface area contributed by atoms with E-state index in [9.17, 15) is 5.11 Å². The number of rotatable bonds is 6. The van der Waals surface area contributed by atoms with Crippen molar-refractivity contribution in [3.63, 3.8) is 0 Å². The Kier molecular flexibility index (Phi) is 4.96. The summed E-state index contributed by atoms with van der Waals surface area (Å²) in [5.74, 6) is 0.563. The van der Waals surface area contributed by atoms with Crippen molar-refractivity contribution in [1.29, 1.82) is 0 Å². The second-order valence-corrected chi connectivity index (χ2v) is 6.42. The Morgan fingerprint density at radius 1 is 1.44 bits per heavy atom. The van der Waals surface area contributed by atoms with Crippen LogP contribution in [0.2, 0.25) is 0 Å². The quantitative estimate of drug-likeness (QED) is 0.802. The maximum atomic E-state index is 9.24. The highest BCUT2D eigenvalue weighted by Gasteiger charge is 2.21. The molecule has 1 aromatic rings. The zero-order valence-electron chi connectivity index (χ0n) is 10.7. The minimum atomic E-state index is -0.0512. The van der Waals surface area contributed by atoms with E-state index in [2.05, 4.69) is 50.5 Å². The van der Waals surface area contributed by atoms with Crippen molar-refractivity contribution in [1.82, 2.24) is 5.32 Å². The summed E-state index contributed by atoms with van der Waals surface area (Å²) in [6.45, 7) is 9.66. The molecule has 0 aromatic carbocycles. The molecule has 1 aromatic heterocycles. The Hall–Kier alpha value is -0.380. The number of hydrogen-bond acceptors (Lipinski definition) is 3. The van der Waals surface area contributed by atoms with Gasteiger partial charge in [0.15, 0.2) is 0 Å². The molecule has 3 heteroatoms. The second kappa shape index (κ2) is 5.80. The molecule has 0 saturated carbocycles. The average Bonchev–Trinajstić information content (AvgIpc) is 2.71. The molecule has 1 atom stereocenters. The van der Waals surface area contributed by atoms with Gasteiger partial charge in [0.05, 0.1) is 0 Å². The van der Waals surface area contributed by atoms with Gasteiger partial charge in [-0.2, -0.15) is 0 Å². The predicted octanol–water partition coefficient (Wildman–Crippen LogP) is 3.05. The van der Waals surface area contributed by atoms with Crippen molar-refractivity contribution in [2.75, 3.05) is 13.2 Å². The van der Waals surface area contributed by atoms with Crippen LogP contribution in [0.25, 0.3) is 0 Å². The zero-order valence-corrected chi connectivity index (χ0v) is 11.5. The SMILES string of the molecule is CC(C)C(NCC(C)(C)CO)c1cccs1. The maximum absolute atomic E-state index is 9.24. The van der Waals surface area contributed by atoms with Gasteiger partial charge in [-0.1, -0.05) is 33.8 Å². The molecule has 92 valence electrons. The van der Waals surface area contributed by atoms with Gasteiger partial charge in [-0.25, -0.2) is 0 Å². The van der Waals surface area contributed by atoms with Gasteiger partial charge in [0.2, 0.25) is 0 Å². The largest absolute Gasteiger partial charge is 0.396 e. The van der Waals surface area contributed by atoms with Crippen LogP contribution in [0, 0.1) is 11.3 Å². The van der Waals surface area contributed by atoms with Crippen LogP contribution >= 0.6 is 11.3 Å². The summed E-state index contributed by atoms with van der Waals surface area (Å²) >= 11 is 1.79. The molecule has 0 aliphatic heterocycles. The molecule has 0 aliphatic rings. The van der Waals surface area contributed by atoms with Crippen LogP contribution in [0.3, 0.4) is 0 Å². The Morgan fingerprint density at radius 2 is 2.12 bits per heavy atom. The third-order valence-corrected chi connectivity index (χ3v) is 3.70. The Bertz CT molecular complexity index is 293. The molecule has 2 nitrogen and oxygen atoms in total. The summed E-state index contributed by atoms with van der Waals surface area (Å²) in [7, 11) is 0. The summed E-state index contributed by atoms with van der Waals surface area (Å²) in [5.41, 5.74) is -0.0512. The van der Waals surface area contributed by atoms with Gasteiger partial charge in [0, 0.05) is 29.5 Å². The minimum Gasteiger partial charge on any atom is -0.396 e. The Morgan fingerprint density at radius 3 is 2.56 bits per heavy atom. The van der Waals surface area contributed by atoms with Crippen molar-refractivity contribution in [3.05, 3.63) is 22.4 Å². The van der Waals surface area contributed by atoms with E-state index in [0.29, 0.717) is 12.0 Å². The lowest BCUT2D eigenvalue weighted by Crippen LogP contribution is -2.36. The van der Waals surface area contributed by atoms with E-state index in [1.165, 1.54) is 4.88 Å². The fourth-order valence-corrected chi connectivity index (χ4v) is 2.55. The molecular formula is C13H23NOS. The molecule has 0 radical (unpaired) electrons. The molecule has 0 saturated heterocycles. The van der Waals surface area contributed by atoms with Crippen LogP contribution in [-0.4, -0.2) is 18.3 Å². The first-order valence-corrected chi connectivity index (χ1v) is 6.72. The van der Waals surface area contributed by atoms with Gasteiger partial charge in [-0.05, 0) is 17.4 Å². The van der Waals surface area contributed by atoms with Gasteiger partial charge < -0.3 is 10.4 Å². The number of aliphatic hydroxyl groups excluding tert-OH is 1. The molecule has 16 heavy (non-hydrogen) atoms. The highest BCUT2D eigenvalue weighted by Crippen LogP contribution is 2.26. The minimum absolute atomic E-state index is 0.0512. The first-order valence-electron chi connectivity index (χ1n) is 5.84. The van der Waals surface area contributed by atoms with Crippen molar-refractivity contribution >= 4 is 11.3 Å².